The maximum absolute atomic E-state index is 14.4. The van der Waals surface area contributed by atoms with Gasteiger partial charge in [-0.2, -0.15) is 0 Å². The average molecular weight is 484 g/mol. The fourth-order valence-electron chi connectivity index (χ4n) is 5.68. The van der Waals surface area contributed by atoms with Crippen LogP contribution in [0.2, 0.25) is 0 Å². The van der Waals surface area contributed by atoms with Gasteiger partial charge in [0, 0.05) is 48.9 Å². The molecule has 2 saturated heterocycles. The Bertz CT molecular complexity index is 1150. The summed E-state index contributed by atoms with van der Waals surface area (Å²) in [4.78, 5) is 26.5. The molecule has 2 fully saturated rings. The third kappa shape index (κ3) is 4.62. The molecule has 5 rings (SSSR count). The van der Waals surface area contributed by atoms with Crippen LogP contribution in [0.5, 0.6) is 0 Å². The van der Waals surface area contributed by atoms with Crippen molar-refractivity contribution in [1.29, 1.82) is 0 Å². The molecule has 2 aliphatic rings. The van der Waals surface area contributed by atoms with Crippen LogP contribution in [0.3, 0.4) is 0 Å². The molecular formula is C26H34FN5OS. The highest BCUT2D eigenvalue weighted by atomic mass is 32.1. The summed E-state index contributed by atoms with van der Waals surface area (Å²) in [7, 11) is 0. The minimum atomic E-state index is -0.243. The van der Waals surface area contributed by atoms with Gasteiger partial charge in [-0.1, -0.05) is 12.5 Å². The largest absolute Gasteiger partial charge is 0.356 e. The highest BCUT2D eigenvalue weighted by Crippen LogP contribution is 2.39. The topological polar surface area (TPSA) is 61.4 Å². The first kappa shape index (κ1) is 23.4. The number of nitrogens with one attached hydrogen (secondary N) is 1. The van der Waals surface area contributed by atoms with Gasteiger partial charge in [0.1, 0.15) is 18.0 Å². The van der Waals surface area contributed by atoms with Crippen molar-refractivity contribution in [3.8, 4) is 0 Å². The molecule has 0 saturated carbocycles. The van der Waals surface area contributed by atoms with Crippen molar-refractivity contribution in [2.75, 3.05) is 31.1 Å². The first-order valence-electron chi connectivity index (χ1n) is 12.6. The van der Waals surface area contributed by atoms with Crippen LogP contribution in [0.15, 0.2) is 24.5 Å². The molecule has 1 amide bonds. The standard InChI is InChI=1S/C26H34FN5OS/c1-17-6-3-7-18(2)32(17)13-5-12-28-26(33)19-10-14-31(15-11-19)25-24-23(29-16-30-25)22-20(27)8-4-9-21(22)34-24/h4,8-9,16-19H,3,5-7,10-15H2,1-2H3,(H,28,33). The number of amides is 1. The van der Waals surface area contributed by atoms with Crippen molar-refractivity contribution in [2.45, 2.75) is 64.5 Å². The van der Waals surface area contributed by atoms with E-state index < -0.39 is 0 Å². The first-order chi connectivity index (χ1) is 16.5. The second kappa shape index (κ2) is 10.1. The van der Waals surface area contributed by atoms with Gasteiger partial charge in [0.25, 0.3) is 0 Å². The van der Waals surface area contributed by atoms with E-state index in [2.05, 4.69) is 38.9 Å². The Morgan fingerprint density at radius 1 is 1.15 bits per heavy atom. The summed E-state index contributed by atoms with van der Waals surface area (Å²) in [5.41, 5.74) is 0.681. The molecule has 0 bridgehead atoms. The zero-order valence-electron chi connectivity index (χ0n) is 20.1. The van der Waals surface area contributed by atoms with Crippen molar-refractivity contribution in [3.05, 3.63) is 30.3 Å². The van der Waals surface area contributed by atoms with Crippen LogP contribution >= 0.6 is 11.3 Å². The van der Waals surface area contributed by atoms with Gasteiger partial charge < -0.3 is 10.2 Å². The number of nitrogens with zero attached hydrogens (tertiary/aromatic N) is 4. The van der Waals surface area contributed by atoms with Crippen LogP contribution in [0.25, 0.3) is 20.3 Å². The lowest BCUT2D eigenvalue weighted by atomic mass is 9.95. The molecule has 2 aromatic heterocycles. The molecule has 34 heavy (non-hydrogen) atoms. The van der Waals surface area contributed by atoms with E-state index in [1.54, 1.807) is 6.07 Å². The van der Waals surface area contributed by atoms with E-state index in [1.807, 2.05) is 6.07 Å². The summed E-state index contributed by atoms with van der Waals surface area (Å²) in [6.07, 6.45) is 8.02. The fourth-order valence-corrected chi connectivity index (χ4v) is 6.86. The minimum Gasteiger partial charge on any atom is -0.356 e. The number of hydrogen-bond donors (Lipinski definition) is 1. The van der Waals surface area contributed by atoms with Crippen LogP contribution in [0.1, 0.15) is 52.4 Å². The summed E-state index contributed by atoms with van der Waals surface area (Å²) in [6.45, 7) is 7.98. The number of aromatic nitrogens is 2. The van der Waals surface area contributed by atoms with Crippen LogP contribution < -0.4 is 10.2 Å². The average Bonchev–Trinajstić information content (AvgIpc) is 3.23. The lowest BCUT2D eigenvalue weighted by molar-refractivity contribution is -0.125. The summed E-state index contributed by atoms with van der Waals surface area (Å²) >= 11 is 1.54. The SMILES string of the molecule is CC1CCCC(C)N1CCCNC(=O)C1CCN(c2ncnc3c2sc2cccc(F)c23)CC1. The Morgan fingerprint density at radius 2 is 1.91 bits per heavy atom. The predicted molar refractivity (Wildman–Crippen MR) is 137 cm³/mol. The third-order valence-corrected chi connectivity index (χ3v) is 8.78. The Morgan fingerprint density at radius 3 is 2.68 bits per heavy atom. The molecule has 182 valence electrons. The molecule has 0 spiro atoms. The maximum Gasteiger partial charge on any atom is 0.223 e. The van der Waals surface area contributed by atoms with Crippen LogP contribution in [0, 0.1) is 11.7 Å². The number of halogens is 1. The van der Waals surface area contributed by atoms with Gasteiger partial charge in [-0.05, 0) is 58.1 Å². The van der Waals surface area contributed by atoms with Crippen molar-refractivity contribution < 1.29 is 9.18 Å². The first-order valence-corrected chi connectivity index (χ1v) is 13.4. The van der Waals surface area contributed by atoms with E-state index in [9.17, 15) is 9.18 Å². The number of hydrogen-bond acceptors (Lipinski definition) is 6. The lowest BCUT2D eigenvalue weighted by Crippen LogP contribution is -2.45. The number of fused-ring (bicyclic) bond motifs is 3. The highest BCUT2D eigenvalue weighted by Gasteiger charge is 2.28. The summed E-state index contributed by atoms with van der Waals surface area (Å²) in [5, 5.41) is 3.76. The molecule has 6 nitrogen and oxygen atoms in total. The summed E-state index contributed by atoms with van der Waals surface area (Å²) in [6, 6.07) is 6.44. The Hall–Kier alpha value is -2.32. The van der Waals surface area contributed by atoms with Crippen LogP contribution in [0.4, 0.5) is 10.2 Å². The van der Waals surface area contributed by atoms with Gasteiger partial charge in [0.2, 0.25) is 5.91 Å². The number of thiophene rings is 1. The van der Waals surface area contributed by atoms with Gasteiger partial charge in [-0.3, -0.25) is 9.69 Å². The number of benzene rings is 1. The summed E-state index contributed by atoms with van der Waals surface area (Å²) in [5.74, 6) is 0.833. The molecule has 2 atom stereocenters. The Labute approximate surface area is 204 Å². The fraction of sp³-hybridized carbons (Fsp3) is 0.577. The highest BCUT2D eigenvalue weighted by molar-refractivity contribution is 7.26. The molecule has 2 aliphatic heterocycles. The smallest absolute Gasteiger partial charge is 0.223 e. The number of rotatable bonds is 6. The normalized spacial score (nSPS) is 22.5. The van der Waals surface area contributed by atoms with Gasteiger partial charge in [0.15, 0.2) is 0 Å². The van der Waals surface area contributed by atoms with E-state index in [-0.39, 0.29) is 17.6 Å². The van der Waals surface area contributed by atoms with Crippen LogP contribution in [-0.4, -0.2) is 59.0 Å². The molecule has 2 unspecified atom stereocenters. The van der Waals surface area contributed by atoms with E-state index >= 15 is 0 Å². The molecule has 1 N–H and O–H groups in total. The zero-order valence-corrected chi connectivity index (χ0v) is 20.9. The number of piperidine rings is 2. The van der Waals surface area contributed by atoms with Gasteiger partial charge in [-0.15, -0.1) is 11.3 Å². The number of carbonyl (C=O) groups is 1. The number of likely N-dealkylation sites (tertiary alicyclic amines) is 1. The molecule has 0 aliphatic carbocycles. The van der Waals surface area contributed by atoms with Gasteiger partial charge >= 0.3 is 0 Å². The van der Waals surface area contributed by atoms with Gasteiger partial charge in [-0.25, -0.2) is 14.4 Å². The molecule has 1 aromatic carbocycles. The predicted octanol–water partition coefficient (Wildman–Crippen LogP) is 4.97. The molecule has 3 aromatic rings. The lowest BCUT2D eigenvalue weighted by Gasteiger charge is -2.39. The van der Waals surface area contributed by atoms with E-state index in [0.29, 0.717) is 23.0 Å². The van der Waals surface area contributed by atoms with E-state index in [1.165, 1.54) is 43.0 Å². The minimum absolute atomic E-state index is 0.0428. The second-order valence-corrected chi connectivity index (χ2v) is 10.9. The van der Waals surface area contributed by atoms with Crippen molar-refractivity contribution in [3.63, 3.8) is 0 Å². The van der Waals surface area contributed by atoms with Crippen molar-refractivity contribution in [1.82, 2.24) is 20.2 Å². The van der Waals surface area contributed by atoms with E-state index in [4.69, 9.17) is 0 Å². The van der Waals surface area contributed by atoms with Crippen LogP contribution in [-0.2, 0) is 4.79 Å². The number of anilines is 1. The number of carbonyl (C=O) groups excluding carboxylic acids is 1. The van der Waals surface area contributed by atoms with Crippen molar-refractivity contribution in [2.24, 2.45) is 5.92 Å². The van der Waals surface area contributed by atoms with E-state index in [0.717, 1.165) is 60.7 Å². The quantitative estimate of drug-likeness (QED) is 0.502. The Balaban J connectivity index is 1.15. The Kier molecular flexibility index (Phi) is 6.97. The maximum atomic E-state index is 14.4. The molecule has 0 radical (unpaired) electrons. The molecule has 4 heterocycles. The second-order valence-electron chi connectivity index (χ2n) is 9.86. The van der Waals surface area contributed by atoms with Gasteiger partial charge in [0.05, 0.1) is 15.6 Å². The zero-order chi connectivity index (χ0) is 23.7. The monoisotopic (exact) mass is 483 g/mol. The molecular weight excluding hydrogens is 449 g/mol. The molecule has 8 heteroatoms. The summed E-state index contributed by atoms with van der Waals surface area (Å²) < 4.78 is 16.2. The third-order valence-electron chi connectivity index (χ3n) is 7.64. The van der Waals surface area contributed by atoms with Crippen molar-refractivity contribution >= 4 is 43.4 Å².